The van der Waals surface area contributed by atoms with Crippen LogP contribution in [0.1, 0.15) is 18.4 Å². The first-order valence-electron chi connectivity index (χ1n) is 4.50. The van der Waals surface area contributed by atoms with Crippen molar-refractivity contribution in [3.63, 3.8) is 0 Å². The minimum Gasteiger partial charge on any atom is -0.361 e. The lowest BCUT2D eigenvalue weighted by Crippen LogP contribution is -2.40. The Morgan fingerprint density at radius 1 is 1.71 bits per heavy atom. The highest BCUT2D eigenvalue weighted by Crippen LogP contribution is 2.00. The van der Waals surface area contributed by atoms with E-state index < -0.39 is 0 Å². The minimum atomic E-state index is -0.192. The van der Waals surface area contributed by atoms with Gasteiger partial charge in [-0.2, -0.15) is 0 Å². The van der Waals surface area contributed by atoms with Crippen LogP contribution in [-0.2, 0) is 11.3 Å². The maximum absolute atomic E-state index is 11.3. The van der Waals surface area contributed by atoms with E-state index in [2.05, 4.69) is 15.8 Å². The van der Waals surface area contributed by atoms with Crippen molar-refractivity contribution in [3.8, 4) is 0 Å². The lowest BCUT2D eigenvalue weighted by atomic mass is 10.3. The Hall–Kier alpha value is -1.36. The van der Waals surface area contributed by atoms with Crippen LogP contribution < -0.4 is 10.6 Å². The molecule has 0 bridgehead atoms. The van der Waals surface area contributed by atoms with E-state index in [0.717, 1.165) is 11.5 Å². The van der Waals surface area contributed by atoms with Gasteiger partial charge in [0.15, 0.2) is 0 Å². The van der Waals surface area contributed by atoms with Gasteiger partial charge in [0, 0.05) is 6.07 Å². The molecule has 0 aliphatic heterocycles. The molecule has 1 aromatic heterocycles. The number of hydrogen-bond acceptors (Lipinski definition) is 4. The van der Waals surface area contributed by atoms with Crippen molar-refractivity contribution >= 4 is 5.91 Å². The van der Waals surface area contributed by atoms with Gasteiger partial charge >= 0.3 is 0 Å². The Bertz CT molecular complexity index is 309. The van der Waals surface area contributed by atoms with E-state index in [1.54, 1.807) is 20.0 Å². The van der Waals surface area contributed by atoms with Crippen molar-refractivity contribution in [2.24, 2.45) is 0 Å². The smallest absolute Gasteiger partial charge is 0.237 e. The maximum Gasteiger partial charge on any atom is 0.237 e. The van der Waals surface area contributed by atoms with Crippen molar-refractivity contribution in [2.75, 3.05) is 7.05 Å². The van der Waals surface area contributed by atoms with Gasteiger partial charge in [0.05, 0.1) is 12.6 Å². The Morgan fingerprint density at radius 3 is 2.93 bits per heavy atom. The molecule has 1 unspecified atom stereocenters. The van der Waals surface area contributed by atoms with Gasteiger partial charge in [-0.15, -0.1) is 0 Å². The number of likely N-dealkylation sites (N-methyl/N-ethyl adjacent to an activating group) is 1. The molecule has 0 aromatic carbocycles. The number of aromatic nitrogens is 1. The van der Waals surface area contributed by atoms with Crippen LogP contribution in [0, 0.1) is 6.92 Å². The van der Waals surface area contributed by atoms with E-state index in [4.69, 9.17) is 4.52 Å². The Balaban J connectivity index is 2.37. The minimum absolute atomic E-state index is 0.0480. The molecule has 5 nitrogen and oxygen atoms in total. The van der Waals surface area contributed by atoms with Crippen LogP contribution in [0.3, 0.4) is 0 Å². The molecule has 0 saturated heterocycles. The van der Waals surface area contributed by atoms with E-state index in [1.165, 1.54) is 0 Å². The summed E-state index contributed by atoms with van der Waals surface area (Å²) in [6.45, 7) is 4.01. The van der Waals surface area contributed by atoms with Gasteiger partial charge in [-0.3, -0.25) is 4.79 Å². The number of carbonyl (C=O) groups is 1. The quantitative estimate of drug-likeness (QED) is 0.724. The molecule has 0 aliphatic rings. The van der Waals surface area contributed by atoms with Crippen LogP contribution in [0.2, 0.25) is 0 Å². The number of nitrogens with zero attached hydrogens (tertiary/aromatic N) is 1. The zero-order valence-corrected chi connectivity index (χ0v) is 8.63. The van der Waals surface area contributed by atoms with Gasteiger partial charge < -0.3 is 15.2 Å². The van der Waals surface area contributed by atoms with Gasteiger partial charge in [-0.1, -0.05) is 5.16 Å². The molecule has 1 amide bonds. The van der Waals surface area contributed by atoms with Crippen LogP contribution in [0.15, 0.2) is 10.6 Å². The second-order valence-electron chi connectivity index (χ2n) is 3.16. The average molecular weight is 197 g/mol. The highest BCUT2D eigenvalue weighted by molar-refractivity contribution is 5.81. The van der Waals surface area contributed by atoms with Gasteiger partial charge in [-0.25, -0.2) is 0 Å². The molecule has 78 valence electrons. The third-order valence-electron chi connectivity index (χ3n) is 1.95. The molecule has 0 radical (unpaired) electrons. The lowest BCUT2D eigenvalue weighted by Gasteiger charge is -2.09. The zero-order valence-electron chi connectivity index (χ0n) is 8.63. The monoisotopic (exact) mass is 197 g/mol. The molecule has 1 atom stereocenters. The van der Waals surface area contributed by atoms with Crippen molar-refractivity contribution in [1.82, 2.24) is 15.8 Å². The van der Waals surface area contributed by atoms with Crippen LogP contribution in [0.4, 0.5) is 0 Å². The summed E-state index contributed by atoms with van der Waals surface area (Å²) in [7, 11) is 1.74. The molecule has 0 spiro atoms. The fourth-order valence-electron chi connectivity index (χ4n) is 0.963. The fraction of sp³-hybridized carbons (Fsp3) is 0.556. The lowest BCUT2D eigenvalue weighted by molar-refractivity contribution is -0.122. The van der Waals surface area contributed by atoms with Crippen molar-refractivity contribution in [2.45, 2.75) is 26.4 Å². The molecule has 0 aliphatic carbocycles. The average Bonchev–Trinajstić information content (AvgIpc) is 2.59. The molecular weight excluding hydrogens is 182 g/mol. The van der Waals surface area contributed by atoms with E-state index in [-0.39, 0.29) is 11.9 Å². The fourth-order valence-corrected chi connectivity index (χ4v) is 0.963. The summed E-state index contributed by atoms with van der Waals surface area (Å²) in [6, 6.07) is 1.60. The normalized spacial score (nSPS) is 12.5. The first kappa shape index (κ1) is 10.7. The third kappa shape index (κ3) is 2.85. The molecule has 0 saturated carbocycles. The first-order chi connectivity index (χ1) is 6.63. The molecule has 1 aromatic rings. The second-order valence-corrected chi connectivity index (χ2v) is 3.16. The Morgan fingerprint density at radius 2 is 2.43 bits per heavy atom. The largest absolute Gasteiger partial charge is 0.361 e. The topological polar surface area (TPSA) is 67.2 Å². The summed E-state index contributed by atoms with van der Waals surface area (Å²) in [4.78, 5) is 11.3. The van der Waals surface area contributed by atoms with Crippen LogP contribution in [0.25, 0.3) is 0 Å². The number of aryl methyl sites for hydroxylation is 1. The van der Waals surface area contributed by atoms with E-state index in [9.17, 15) is 4.79 Å². The number of hydrogen-bond donors (Lipinski definition) is 2. The van der Waals surface area contributed by atoms with E-state index >= 15 is 0 Å². The van der Waals surface area contributed by atoms with Crippen LogP contribution in [0.5, 0.6) is 0 Å². The standard InChI is InChI=1S/C9H15N3O2/c1-6-4-8(12-14-6)5-11-9(13)7(2)10-3/h4,7,10H,5H2,1-3H3,(H,11,13). The summed E-state index contributed by atoms with van der Waals surface area (Å²) in [5.41, 5.74) is 0.735. The molecule has 1 rings (SSSR count). The molecule has 1 heterocycles. The maximum atomic E-state index is 11.3. The zero-order chi connectivity index (χ0) is 10.6. The highest BCUT2D eigenvalue weighted by Gasteiger charge is 2.10. The predicted octanol–water partition coefficient (Wildman–Crippen LogP) is 0.207. The molecule has 2 N–H and O–H groups in total. The third-order valence-corrected chi connectivity index (χ3v) is 1.95. The number of rotatable bonds is 4. The molecule has 0 fully saturated rings. The molecule has 14 heavy (non-hydrogen) atoms. The number of amides is 1. The van der Waals surface area contributed by atoms with Gasteiger partial charge in [-0.05, 0) is 20.9 Å². The summed E-state index contributed by atoms with van der Waals surface area (Å²) in [5, 5.41) is 9.35. The Kier molecular flexibility index (Phi) is 3.64. The SMILES string of the molecule is CNC(C)C(=O)NCc1cc(C)on1. The first-order valence-corrected chi connectivity index (χ1v) is 4.50. The van der Waals surface area contributed by atoms with Crippen LogP contribution >= 0.6 is 0 Å². The second kappa shape index (κ2) is 4.76. The van der Waals surface area contributed by atoms with Gasteiger partial charge in [0.1, 0.15) is 11.5 Å². The van der Waals surface area contributed by atoms with Gasteiger partial charge in [0.25, 0.3) is 0 Å². The predicted molar refractivity (Wildman–Crippen MR) is 51.6 cm³/mol. The summed E-state index contributed by atoms with van der Waals surface area (Å²) in [5.74, 6) is 0.698. The number of carbonyl (C=O) groups excluding carboxylic acids is 1. The highest BCUT2D eigenvalue weighted by atomic mass is 16.5. The summed E-state index contributed by atoms with van der Waals surface area (Å²) in [6.07, 6.45) is 0. The van der Waals surface area contributed by atoms with E-state index in [1.807, 2.05) is 6.92 Å². The Labute approximate surface area is 82.8 Å². The number of nitrogens with one attached hydrogen (secondary N) is 2. The molecule has 5 heteroatoms. The summed E-state index contributed by atoms with van der Waals surface area (Å²) >= 11 is 0. The van der Waals surface area contributed by atoms with Gasteiger partial charge in [0.2, 0.25) is 5.91 Å². The van der Waals surface area contributed by atoms with Crippen molar-refractivity contribution < 1.29 is 9.32 Å². The van der Waals surface area contributed by atoms with Crippen molar-refractivity contribution in [3.05, 3.63) is 17.5 Å². The van der Waals surface area contributed by atoms with Crippen molar-refractivity contribution in [1.29, 1.82) is 0 Å². The van der Waals surface area contributed by atoms with E-state index in [0.29, 0.717) is 6.54 Å². The molecular formula is C9H15N3O2. The summed E-state index contributed by atoms with van der Waals surface area (Å²) < 4.78 is 4.87. The van der Waals surface area contributed by atoms with Crippen LogP contribution in [-0.4, -0.2) is 24.2 Å².